The van der Waals surface area contributed by atoms with Gasteiger partial charge in [-0.1, -0.05) is 6.42 Å². The number of amides is 1. The summed E-state index contributed by atoms with van der Waals surface area (Å²) in [5.74, 6) is -2.44. The number of fused-ring (bicyclic) bond motifs is 1. The number of ether oxygens (including phenoxy) is 1. The first-order chi connectivity index (χ1) is 18.6. The first-order valence-electron chi connectivity index (χ1n) is 15.1. The molecule has 0 spiro atoms. The van der Waals surface area contributed by atoms with E-state index in [1.807, 2.05) is 4.90 Å². The van der Waals surface area contributed by atoms with Gasteiger partial charge in [-0.2, -0.15) is 13.2 Å². The third kappa shape index (κ3) is 5.59. The summed E-state index contributed by atoms with van der Waals surface area (Å²) in [5, 5.41) is 0. The predicted octanol–water partition coefficient (Wildman–Crippen LogP) is 3.37. The van der Waals surface area contributed by atoms with Crippen molar-refractivity contribution in [3.63, 3.8) is 0 Å². The van der Waals surface area contributed by atoms with Gasteiger partial charge in [-0.05, 0) is 76.2 Å². The maximum Gasteiger partial charge on any atom is 0.392 e. The predicted molar refractivity (Wildman–Crippen MR) is 138 cm³/mol. The quantitative estimate of drug-likeness (QED) is 0.487. The summed E-state index contributed by atoms with van der Waals surface area (Å²) in [4.78, 5) is 20.0. The Morgan fingerprint density at radius 3 is 2.49 bits per heavy atom. The molecule has 0 aromatic heterocycles. The molecule has 11 heteroatoms. The van der Waals surface area contributed by atoms with Gasteiger partial charge >= 0.3 is 6.18 Å². The van der Waals surface area contributed by atoms with Crippen LogP contribution in [0.1, 0.15) is 57.8 Å². The minimum absolute atomic E-state index is 0.0163. The number of halogens is 4. The molecule has 4 saturated heterocycles. The van der Waals surface area contributed by atoms with E-state index in [9.17, 15) is 22.4 Å². The monoisotopic (exact) mass is 559 g/mol. The third-order valence-corrected chi connectivity index (χ3v) is 11.1. The van der Waals surface area contributed by atoms with E-state index < -0.39 is 30.1 Å². The highest BCUT2D eigenvalue weighted by Gasteiger charge is 2.58. The first kappa shape index (κ1) is 28.1. The van der Waals surface area contributed by atoms with Crippen molar-refractivity contribution in [1.29, 1.82) is 0 Å². The lowest BCUT2D eigenvalue weighted by atomic mass is 9.64. The summed E-state index contributed by atoms with van der Waals surface area (Å²) in [6.45, 7) is 4.20. The van der Waals surface area contributed by atoms with E-state index in [4.69, 9.17) is 4.74 Å². The van der Waals surface area contributed by atoms with Crippen molar-refractivity contribution in [2.45, 2.75) is 82.3 Å². The molecule has 6 aliphatic rings. The second-order valence-corrected chi connectivity index (χ2v) is 13.6. The van der Waals surface area contributed by atoms with Gasteiger partial charge in [-0.3, -0.25) is 9.69 Å². The fraction of sp³-hybridized carbons (Fsp3) is 0.964. The number of carbonyl (C=O) groups excluding carboxylic acids is 1. The fourth-order valence-electron chi connectivity index (χ4n) is 8.80. The second kappa shape index (κ2) is 11.0. The van der Waals surface area contributed by atoms with Crippen LogP contribution in [-0.2, 0) is 9.53 Å². The molecular formula is C28H45F4N5O2. The summed E-state index contributed by atoms with van der Waals surface area (Å²) in [5.41, 5.74) is 6.61. The maximum absolute atomic E-state index is 14.4. The van der Waals surface area contributed by atoms with Gasteiger partial charge in [-0.25, -0.2) is 15.2 Å². The summed E-state index contributed by atoms with van der Waals surface area (Å²) in [6.07, 6.45) is 1.42. The number of alkyl halides is 4. The lowest BCUT2D eigenvalue weighted by molar-refractivity contribution is -0.204. The Bertz CT molecular complexity index is 881. The molecule has 39 heavy (non-hydrogen) atoms. The SMILES string of the molecule is CN1CNNC1CC1(C2CCCC(N3CC4C(CC(CN5CCC(F)CC5)CC4C(F)(F)F)C3=O)C2)COC1. The van der Waals surface area contributed by atoms with Crippen LogP contribution in [0.4, 0.5) is 17.6 Å². The zero-order valence-corrected chi connectivity index (χ0v) is 23.1. The highest BCUT2D eigenvalue weighted by atomic mass is 19.4. The largest absolute Gasteiger partial charge is 0.392 e. The van der Waals surface area contributed by atoms with Crippen molar-refractivity contribution in [2.24, 2.45) is 35.0 Å². The summed E-state index contributed by atoms with van der Waals surface area (Å²) >= 11 is 0. The Labute approximate surface area is 229 Å². The molecule has 2 saturated carbocycles. The number of rotatable bonds is 6. The van der Waals surface area contributed by atoms with E-state index in [1.54, 1.807) is 0 Å². The van der Waals surface area contributed by atoms with Crippen LogP contribution in [0.5, 0.6) is 0 Å². The van der Waals surface area contributed by atoms with Crippen molar-refractivity contribution in [3.05, 3.63) is 0 Å². The zero-order valence-electron chi connectivity index (χ0n) is 23.1. The molecule has 2 aliphatic carbocycles. The van der Waals surface area contributed by atoms with Crippen molar-refractivity contribution in [3.8, 4) is 0 Å². The molecule has 4 aliphatic heterocycles. The molecule has 0 aromatic carbocycles. The van der Waals surface area contributed by atoms with E-state index >= 15 is 0 Å². The summed E-state index contributed by atoms with van der Waals surface area (Å²) in [7, 11) is 2.09. The van der Waals surface area contributed by atoms with Crippen molar-refractivity contribution in [2.75, 3.05) is 53.1 Å². The molecule has 6 rings (SSSR count). The van der Waals surface area contributed by atoms with Gasteiger partial charge in [0.15, 0.2) is 0 Å². The van der Waals surface area contributed by atoms with Crippen LogP contribution in [0.25, 0.3) is 0 Å². The van der Waals surface area contributed by atoms with Crippen LogP contribution in [0, 0.1) is 35.0 Å². The average Bonchev–Trinajstić information content (AvgIpc) is 3.44. The summed E-state index contributed by atoms with van der Waals surface area (Å²) < 4.78 is 62.4. The van der Waals surface area contributed by atoms with Crippen LogP contribution in [0.2, 0.25) is 0 Å². The highest BCUT2D eigenvalue weighted by molar-refractivity contribution is 5.82. The van der Waals surface area contributed by atoms with Crippen LogP contribution in [0.3, 0.4) is 0 Å². The van der Waals surface area contributed by atoms with Gasteiger partial charge in [0.05, 0.1) is 32.0 Å². The standard InChI is InChI=1S/C28H45F4N5O2/c1-35-17-33-34-25(35)12-27(15-39-16-27)19-3-2-4-21(11-19)37-14-23-22(26(37)38)9-18(10-24(23)28(30,31)32)13-36-7-5-20(29)6-8-36/h18-25,33-34H,2-17H2,1H3. The second-order valence-electron chi connectivity index (χ2n) is 13.6. The smallest absolute Gasteiger partial charge is 0.380 e. The highest BCUT2D eigenvalue weighted by Crippen LogP contribution is 2.53. The number of likely N-dealkylation sites (tertiary alicyclic amines) is 2. The van der Waals surface area contributed by atoms with Gasteiger partial charge < -0.3 is 14.5 Å². The Kier molecular flexibility index (Phi) is 7.93. The Balaban J connectivity index is 1.14. The minimum atomic E-state index is -4.30. The number of carbonyl (C=O) groups is 1. The van der Waals surface area contributed by atoms with Crippen LogP contribution < -0.4 is 10.9 Å². The normalized spacial score (nSPS) is 40.6. The van der Waals surface area contributed by atoms with Crippen LogP contribution >= 0.6 is 0 Å². The Morgan fingerprint density at radius 2 is 1.85 bits per heavy atom. The molecule has 0 aromatic rings. The van der Waals surface area contributed by atoms with E-state index in [0.717, 1.165) is 38.8 Å². The van der Waals surface area contributed by atoms with Gasteiger partial charge in [0.25, 0.3) is 0 Å². The average molecular weight is 560 g/mol. The number of hydrazine groups is 1. The number of hydrogen-bond donors (Lipinski definition) is 2. The number of nitrogens with zero attached hydrogens (tertiary/aromatic N) is 3. The fourth-order valence-corrected chi connectivity index (χ4v) is 8.80. The lowest BCUT2D eigenvalue weighted by Crippen LogP contribution is -2.56. The van der Waals surface area contributed by atoms with Crippen LogP contribution in [-0.4, -0.2) is 98.3 Å². The van der Waals surface area contributed by atoms with Crippen molar-refractivity contribution >= 4 is 5.91 Å². The van der Waals surface area contributed by atoms with Crippen LogP contribution in [0.15, 0.2) is 0 Å². The van der Waals surface area contributed by atoms with E-state index in [-0.39, 0.29) is 42.4 Å². The van der Waals surface area contributed by atoms with Crippen molar-refractivity contribution in [1.82, 2.24) is 25.6 Å². The van der Waals surface area contributed by atoms with E-state index in [0.29, 0.717) is 58.0 Å². The minimum Gasteiger partial charge on any atom is -0.380 e. The Morgan fingerprint density at radius 1 is 1.08 bits per heavy atom. The number of hydrogen-bond acceptors (Lipinski definition) is 6. The Hall–Kier alpha value is -1.01. The molecule has 7 unspecified atom stereocenters. The maximum atomic E-state index is 14.4. The molecule has 7 atom stereocenters. The molecule has 222 valence electrons. The van der Waals surface area contributed by atoms with Gasteiger partial charge in [0.2, 0.25) is 5.91 Å². The third-order valence-electron chi connectivity index (χ3n) is 11.1. The first-order valence-corrected chi connectivity index (χ1v) is 15.1. The molecule has 2 N–H and O–H groups in total. The molecule has 4 heterocycles. The zero-order chi connectivity index (χ0) is 27.4. The number of nitrogens with one attached hydrogen (secondary N) is 2. The molecule has 1 amide bonds. The molecule has 0 bridgehead atoms. The molecule has 6 fully saturated rings. The molecule has 7 nitrogen and oxygen atoms in total. The van der Waals surface area contributed by atoms with Crippen molar-refractivity contribution < 1.29 is 27.1 Å². The lowest BCUT2D eigenvalue weighted by Gasteiger charge is -2.52. The van der Waals surface area contributed by atoms with Gasteiger partial charge in [-0.15, -0.1) is 0 Å². The van der Waals surface area contributed by atoms with Gasteiger partial charge in [0.1, 0.15) is 6.17 Å². The number of piperidine rings is 1. The summed E-state index contributed by atoms with van der Waals surface area (Å²) in [6, 6.07) is 0.0163. The molecule has 0 radical (unpaired) electrons. The van der Waals surface area contributed by atoms with E-state index in [1.165, 1.54) is 0 Å². The van der Waals surface area contributed by atoms with Gasteiger partial charge in [0, 0.05) is 43.6 Å². The van der Waals surface area contributed by atoms with E-state index in [2.05, 4.69) is 27.7 Å². The topological polar surface area (TPSA) is 60.1 Å². The molecular weight excluding hydrogens is 514 g/mol.